The van der Waals surface area contributed by atoms with Crippen molar-refractivity contribution >= 4 is 27.2 Å². The fourth-order valence-electron chi connectivity index (χ4n) is 2.79. The Morgan fingerprint density at radius 3 is 2.45 bits per heavy atom. The second-order valence-electron chi connectivity index (χ2n) is 6.11. The lowest BCUT2D eigenvalue weighted by Gasteiger charge is -2.30. The van der Waals surface area contributed by atoms with E-state index < -0.39 is 9.84 Å². The molecule has 0 aromatic heterocycles. The average Bonchev–Trinajstić information content (AvgIpc) is 2.47. The number of rotatable bonds is 4. The Morgan fingerprint density at radius 1 is 1.23 bits per heavy atom. The molecule has 2 N–H and O–H groups in total. The first-order chi connectivity index (χ1) is 10.4. The SMILES string of the molecule is C[C@@H]1CCCC[C@H]1NC(=S)NCc1ccc(S(C)(=O)=O)cc1. The van der Waals surface area contributed by atoms with Gasteiger partial charge in [0.1, 0.15) is 0 Å². The Balaban J connectivity index is 1.83. The monoisotopic (exact) mass is 340 g/mol. The third-order valence-corrected chi connectivity index (χ3v) is 5.62. The van der Waals surface area contributed by atoms with Crippen molar-refractivity contribution in [2.75, 3.05) is 6.26 Å². The van der Waals surface area contributed by atoms with Crippen molar-refractivity contribution in [3.05, 3.63) is 29.8 Å². The predicted octanol–water partition coefficient (Wildman–Crippen LogP) is 2.63. The van der Waals surface area contributed by atoms with Gasteiger partial charge in [-0.15, -0.1) is 0 Å². The Morgan fingerprint density at radius 2 is 1.86 bits per heavy atom. The van der Waals surface area contributed by atoms with Crippen molar-refractivity contribution < 1.29 is 8.42 Å². The van der Waals surface area contributed by atoms with Crippen LogP contribution in [0, 0.1) is 5.92 Å². The minimum Gasteiger partial charge on any atom is -0.360 e. The van der Waals surface area contributed by atoms with Gasteiger partial charge in [0.05, 0.1) is 4.90 Å². The van der Waals surface area contributed by atoms with Gasteiger partial charge >= 0.3 is 0 Å². The summed E-state index contributed by atoms with van der Waals surface area (Å²) < 4.78 is 22.8. The lowest BCUT2D eigenvalue weighted by molar-refractivity contribution is 0.308. The van der Waals surface area contributed by atoms with Crippen LogP contribution in [0.3, 0.4) is 0 Å². The first kappa shape index (κ1) is 17.2. The highest BCUT2D eigenvalue weighted by Crippen LogP contribution is 2.23. The molecule has 1 aromatic carbocycles. The molecular formula is C16H24N2O2S2. The molecule has 0 amide bonds. The fourth-order valence-corrected chi connectivity index (χ4v) is 3.64. The van der Waals surface area contributed by atoms with Crippen LogP contribution in [0.15, 0.2) is 29.2 Å². The highest BCUT2D eigenvalue weighted by atomic mass is 32.2. The van der Waals surface area contributed by atoms with Crippen molar-refractivity contribution in [1.82, 2.24) is 10.6 Å². The van der Waals surface area contributed by atoms with Crippen molar-refractivity contribution in [3.8, 4) is 0 Å². The maximum atomic E-state index is 11.4. The van der Waals surface area contributed by atoms with Crippen LogP contribution in [0.5, 0.6) is 0 Å². The molecule has 0 spiro atoms. The van der Waals surface area contributed by atoms with Gasteiger partial charge in [-0.05, 0) is 48.7 Å². The summed E-state index contributed by atoms with van der Waals surface area (Å²) in [5, 5.41) is 7.27. The van der Waals surface area contributed by atoms with Gasteiger partial charge in [-0.2, -0.15) is 0 Å². The molecule has 0 heterocycles. The number of benzene rings is 1. The van der Waals surface area contributed by atoms with E-state index in [0.29, 0.717) is 28.5 Å². The van der Waals surface area contributed by atoms with Crippen molar-refractivity contribution in [2.24, 2.45) is 5.92 Å². The van der Waals surface area contributed by atoms with Gasteiger partial charge in [-0.25, -0.2) is 8.42 Å². The molecule has 0 radical (unpaired) electrons. The van der Waals surface area contributed by atoms with Gasteiger partial charge in [-0.1, -0.05) is 31.9 Å². The molecule has 22 heavy (non-hydrogen) atoms. The minimum absolute atomic E-state index is 0.341. The standard InChI is InChI=1S/C16H24N2O2S2/c1-12-5-3-4-6-15(12)18-16(21)17-11-13-7-9-14(10-8-13)22(2,19)20/h7-10,12,15H,3-6,11H2,1-2H3,(H2,17,18,21)/t12-,15-/m1/s1. The van der Waals surface area contributed by atoms with E-state index in [9.17, 15) is 8.42 Å². The molecule has 0 unspecified atom stereocenters. The largest absolute Gasteiger partial charge is 0.360 e. The molecule has 1 fully saturated rings. The summed E-state index contributed by atoms with van der Waals surface area (Å²) in [4.78, 5) is 0.341. The van der Waals surface area contributed by atoms with Gasteiger partial charge in [-0.3, -0.25) is 0 Å². The van der Waals surface area contributed by atoms with E-state index in [1.807, 2.05) is 12.1 Å². The summed E-state index contributed by atoms with van der Waals surface area (Å²) in [7, 11) is -3.13. The van der Waals surface area contributed by atoms with Gasteiger partial charge < -0.3 is 10.6 Å². The highest BCUT2D eigenvalue weighted by molar-refractivity contribution is 7.90. The van der Waals surface area contributed by atoms with E-state index in [1.54, 1.807) is 12.1 Å². The zero-order valence-electron chi connectivity index (χ0n) is 13.1. The number of nitrogens with one attached hydrogen (secondary N) is 2. The number of thiocarbonyl (C=S) groups is 1. The molecule has 1 aliphatic rings. The summed E-state index contributed by atoms with van der Waals surface area (Å²) in [6.07, 6.45) is 6.22. The molecule has 4 nitrogen and oxygen atoms in total. The van der Waals surface area contributed by atoms with E-state index >= 15 is 0 Å². The van der Waals surface area contributed by atoms with Crippen LogP contribution in [0.25, 0.3) is 0 Å². The molecule has 122 valence electrons. The lowest BCUT2D eigenvalue weighted by atomic mass is 9.86. The van der Waals surface area contributed by atoms with Crippen LogP contribution >= 0.6 is 12.2 Å². The maximum Gasteiger partial charge on any atom is 0.175 e. The quantitative estimate of drug-likeness (QED) is 0.825. The number of hydrogen-bond donors (Lipinski definition) is 2. The zero-order valence-corrected chi connectivity index (χ0v) is 14.8. The first-order valence-electron chi connectivity index (χ1n) is 7.69. The normalized spacial score (nSPS) is 22.1. The fraction of sp³-hybridized carbons (Fsp3) is 0.562. The molecule has 1 aliphatic carbocycles. The van der Waals surface area contributed by atoms with E-state index in [-0.39, 0.29) is 0 Å². The Labute approximate surface area is 138 Å². The van der Waals surface area contributed by atoms with Gasteiger partial charge in [0, 0.05) is 18.8 Å². The maximum absolute atomic E-state index is 11.4. The van der Waals surface area contributed by atoms with E-state index in [4.69, 9.17) is 12.2 Å². The van der Waals surface area contributed by atoms with Gasteiger partial charge in [0.2, 0.25) is 0 Å². The summed E-state index contributed by atoms with van der Waals surface area (Å²) in [6.45, 7) is 2.86. The van der Waals surface area contributed by atoms with E-state index in [2.05, 4.69) is 17.6 Å². The number of sulfone groups is 1. The van der Waals surface area contributed by atoms with E-state index in [1.165, 1.54) is 31.9 Å². The third-order valence-electron chi connectivity index (χ3n) is 4.23. The summed E-state index contributed by atoms with van der Waals surface area (Å²) in [5.74, 6) is 0.655. The molecule has 2 atom stereocenters. The second-order valence-corrected chi connectivity index (χ2v) is 8.54. The van der Waals surface area contributed by atoms with Crippen molar-refractivity contribution in [1.29, 1.82) is 0 Å². The topological polar surface area (TPSA) is 58.2 Å². The van der Waals surface area contributed by atoms with Gasteiger partial charge in [0.15, 0.2) is 14.9 Å². The molecule has 2 rings (SSSR count). The Bertz CT molecular complexity index is 612. The smallest absolute Gasteiger partial charge is 0.175 e. The summed E-state index contributed by atoms with van der Waals surface area (Å²) >= 11 is 5.35. The lowest BCUT2D eigenvalue weighted by Crippen LogP contribution is -2.45. The van der Waals surface area contributed by atoms with Crippen molar-refractivity contribution in [3.63, 3.8) is 0 Å². The minimum atomic E-state index is -3.13. The van der Waals surface area contributed by atoms with Crippen LogP contribution in [-0.4, -0.2) is 25.8 Å². The second kappa shape index (κ2) is 7.42. The van der Waals surface area contributed by atoms with Crippen LogP contribution < -0.4 is 10.6 Å². The first-order valence-corrected chi connectivity index (χ1v) is 9.99. The molecule has 0 bridgehead atoms. The number of hydrogen-bond acceptors (Lipinski definition) is 3. The zero-order chi connectivity index (χ0) is 16.2. The molecule has 1 saturated carbocycles. The molecule has 0 saturated heterocycles. The molecule has 1 aromatic rings. The van der Waals surface area contributed by atoms with Crippen molar-refractivity contribution in [2.45, 2.75) is 50.1 Å². The summed E-state index contributed by atoms with van der Waals surface area (Å²) in [6, 6.07) is 7.35. The molecule has 0 aliphatic heterocycles. The van der Waals surface area contributed by atoms with Crippen LogP contribution in [-0.2, 0) is 16.4 Å². The molecular weight excluding hydrogens is 316 g/mol. The highest BCUT2D eigenvalue weighted by Gasteiger charge is 2.21. The van der Waals surface area contributed by atoms with Gasteiger partial charge in [0.25, 0.3) is 0 Å². The van der Waals surface area contributed by atoms with Crippen LogP contribution in [0.1, 0.15) is 38.2 Å². The average molecular weight is 341 g/mol. The Kier molecular flexibility index (Phi) is 5.81. The third kappa shape index (κ3) is 4.95. The Hall–Kier alpha value is -1.14. The summed E-state index contributed by atoms with van der Waals surface area (Å²) in [5.41, 5.74) is 1.01. The predicted molar refractivity (Wildman–Crippen MR) is 93.5 cm³/mol. The van der Waals surface area contributed by atoms with Crippen LogP contribution in [0.4, 0.5) is 0 Å². The molecule has 6 heteroatoms. The van der Waals surface area contributed by atoms with E-state index in [0.717, 1.165) is 5.56 Å². The van der Waals surface area contributed by atoms with Crippen LogP contribution in [0.2, 0.25) is 0 Å².